The van der Waals surface area contributed by atoms with Gasteiger partial charge >= 0.3 is 0 Å². The molecule has 2 aromatic heterocycles. The average molecular weight is 422 g/mol. The zero-order valence-electron chi connectivity index (χ0n) is 18.7. The molecular weight excluding hydrogens is 394 g/mol. The molecule has 0 aliphatic carbocycles. The summed E-state index contributed by atoms with van der Waals surface area (Å²) < 4.78 is 7.45. The number of anilines is 2. The molecule has 162 valence electrons. The molecule has 8 heteroatoms. The van der Waals surface area contributed by atoms with E-state index in [-0.39, 0.29) is 29.9 Å². The molecule has 0 radical (unpaired) electrons. The number of hydrogen-bond donors (Lipinski definition) is 2. The van der Waals surface area contributed by atoms with Gasteiger partial charge in [-0.25, -0.2) is 9.67 Å². The van der Waals surface area contributed by atoms with E-state index in [0.29, 0.717) is 28.3 Å². The highest BCUT2D eigenvalue weighted by Gasteiger charge is 2.26. The molecule has 4 rings (SSSR count). The number of fused-ring (bicyclic) bond motifs is 2. The fraction of sp³-hybridized carbons (Fsp3) is 0.391. The lowest BCUT2D eigenvalue weighted by molar-refractivity contribution is -0.118. The smallest absolute Gasteiger partial charge is 0.262 e. The third kappa shape index (κ3) is 3.73. The number of hydrogen-bond acceptors (Lipinski definition) is 5. The summed E-state index contributed by atoms with van der Waals surface area (Å²) in [7, 11) is 0. The van der Waals surface area contributed by atoms with Gasteiger partial charge in [0.05, 0.1) is 33.6 Å². The Balaban J connectivity index is 1.83. The van der Waals surface area contributed by atoms with Crippen molar-refractivity contribution in [2.24, 2.45) is 0 Å². The van der Waals surface area contributed by atoms with Gasteiger partial charge in [-0.05, 0) is 51.8 Å². The lowest BCUT2D eigenvalue weighted by Crippen LogP contribution is -2.26. The van der Waals surface area contributed by atoms with E-state index in [4.69, 9.17) is 14.8 Å². The Morgan fingerprint density at radius 3 is 2.71 bits per heavy atom. The van der Waals surface area contributed by atoms with Crippen molar-refractivity contribution in [3.05, 3.63) is 41.2 Å². The van der Waals surface area contributed by atoms with Crippen molar-refractivity contribution >= 4 is 34.2 Å². The number of carbonyl (C=O) groups excluding carboxylic acids is 2. The third-order valence-electron chi connectivity index (χ3n) is 5.19. The Labute approximate surface area is 181 Å². The summed E-state index contributed by atoms with van der Waals surface area (Å²) in [5, 5.41) is 11.1. The van der Waals surface area contributed by atoms with Crippen LogP contribution in [0.15, 0.2) is 24.3 Å². The van der Waals surface area contributed by atoms with E-state index in [1.807, 2.05) is 31.5 Å². The number of amides is 2. The van der Waals surface area contributed by atoms with Gasteiger partial charge in [-0.15, -0.1) is 0 Å². The molecule has 0 bridgehead atoms. The van der Waals surface area contributed by atoms with Crippen LogP contribution in [0.1, 0.15) is 62.3 Å². The van der Waals surface area contributed by atoms with Crippen LogP contribution in [0, 0.1) is 6.92 Å². The molecule has 8 nitrogen and oxygen atoms in total. The number of benzene rings is 1. The lowest BCUT2D eigenvalue weighted by Gasteiger charge is -2.21. The van der Waals surface area contributed by atoms with Crippen LogP contribution in [0.5, 0.6) is 5.75 Å². The molecule has 0 unspecified atom stereocenters. The standard InChI is InChI=1S/C23H27N5O3/c1-12(2)17-10-14(19-13(3)27-28(21(19)25-17)23(4,5)6)22(30)26-16-9-7-8-15-20(16)31-11-18(29)24-15/h7-10,12H,11H2,1-6H3,(H,24,29)(H,26,30). The molecule has 0 fully saturated rings. The van der Waals surface area contributed by atoms with Crippen LogP contribution in [0.25, 0.3) is 11.0 Å². The minimum absolute atomic E-state index is 0.0889. The Morgan fingerprint density at radius 2 is 2.03 bits per heavy atom. The van der Waals surface area contributed by atoms with Crippen molar-refractivity contribution < 1.29 is 14.3 Å². The fourth-order valence-electron chi connectivity index (χ4n) is 3.65. The number of carbonyl (C=O) groups is 2. The second-order valence-electron chi connectivity index (χ2n) is 9.09. The number of ether oxygens (including phenoxy) is 1. The quantitative estimate of drug-likeness (QED) is 0.660. The zero-order chi connectivity index (χ0) is 22.5. The lowest BCUT2D eigenvalue weighted by atomic mass is 10.0. The normalized spacial score (nSPS) is 13.7. The summed E-state index contributed by atoms with van der Waals surface area (Å²) in [4.78, 5) is 29.9. The predicted molar refractivity (Wildman–Crippen MR) is 120 cm³/mol. The first kappa shape index (κ1) is 20.8. The van der Waals surface area contributed by atoms with Crippen molar-refractivity contribution in [1.29, 1.82) is 0 Å². The second kappa shape index (κ2) is 7.37. The molecule has 2 N–H and O–H groups in total. The molecule has 31 heavy (non-hydrogen) atoms. The highest BCUT2D eigenvalue weighted by Crippen LogP contribution is 2.36. The average Bonchev–Trinajstić information content (AvgIpc) is 3.04. The molecule has 1 aliphatic rings. The van der Waals surface area contributed by atoms with E-state index in [2.05, 4.69) is 31.4 Å². The van der Waals surface area contributed by atoms with E-state index < -0.39 is 0 Å². The topological polar surface area (TPSA) is 98.1 Å². The molecule has 0 saturated heterocycles. The Morgan fingerprint density at radius 1 is 1.29 bits per heavy atom. The summed E-state index contributed by atoms with van der Waals surface area (Å²) in [6.45, 7) is 12.1. The number of aromatic nitrogens is 3. The largest absolute Gasteiger partial charge is 0.479 e. The number of para-hydroxylation sites is 1. The number of rotatable bonds is 3. The van der Waals surface area contributed by atoms with Crippen molar-refractivity contribution in [3.8, 4) is 5.75 Å². The van der Waals surface area contributed by atoms with Gasteiger partial charge in [0.25, 0.3) is 11.8 Å². The minimum atomic E-state index is -0.284. The molecule has 1 aliphatic heterocycles. The van der Waals surface area contributed by atoms with Crippen LogP contribution < -0.4 is 15.4 Å². The van der Waals surface area contributed by atoms with E-state index >= 15 is 0 Å². The van der Waals surface area contributed by atoms with Gasteiger partial charge in [-0.1, -0.05) is 19.9 Å². The number of nitrogens with zero attached hydrogens (tertiary/aromatic N) is 3. The summed E-state index contributed by atoms with van der Waals surface area (Å²) in [6.07, 6.45) is 0. The van der Waals surface area contributed by atoms with Gasteiger partial charge in [0, 0.05) is 5.69 Å². The fourth-order valence-corrected chi connectivity index (χ4v) is 3.65. The third-order valence-corrected chi connectivity index (χ3v) is 5.19. The van der Waals surface area contributed by atoms with Crippen molar-refractivity contribution in [1.82, 2.24) is 14.8 Å². The van der Waals surface area contributed by atoms with Crippen LogP contribution in [0.3, 0.4) is 0 Å². The molecule has 0 saturated carbocycles. The Kier molecular flexibility index (Phi) is 4.95. The van der Waals surface area contributed by atoms with Crippen LogP contribution in [-0.4, -0.2) is 33.2 Å². The van der Waals surface area contributed by atoms with Gasteiger partial charge in [0.2, 0.25) is 0 Å². The van der Waals surface area contributed by atoms with Crippen molar-refractivity contribution in [2.75, 3.05) is 17.2 Å². The van der Waals surface area contributed by atoms with Gasteiger partial charge in [0.1, 0.15) is 0 Å². The molecule has 3 aromatic rings. The number of nitrogens with one attached hydrogen (secondary N) is 2. The maximum Gasteiger partial charge on any atom is 0.262 e. The molecule has 0 atom stereocenters. The van der Waals surface area contributed by atoms with Crippen molar-refractivity contribution in [3.63, 3.8) is 0 Å². The summed E-state index contributed by atoms with van der Waals surface area (Å²) in [5.41, 5.74) is 3.53. The SMILES string of the molecule is Cc1nn(C(C)(C)C)c2nc(C(C)C)cc(C(=O)Nc3cccc4c3OCC(=O)N4)c12. The molecule has 3 heterocycles. The molecular formula is C23H27N5O3. The minimum Gasteiger partial charge on any atom is -0.479 e. The van der Waals surface area contributed by atoms with Crippen LogP contribution >= 0.6 is 0 Å². The van der Waals surface area contributed by atoms with E-state index in [1.54, 1.807) is 18.2 Å². The summed E-state index contributed by atoms with van der Waals surface area (Å²) in [6, 6.07) is 7.08. The first-order valence-electron chi connectivity index (χ1n) is 10.3. The second-order valence-corrected chi connectivity index (χ2v) is 9.09. The van der Waals surface area contributed by atoms with Gasteiger partial charge in [-0.3, -0.25) is 9.59 Å². The van der Waals surface area contributed by atoms with Gasteiger partial charge in [-0.2, -0.15) is 5.10 Å². The monoisotopic (exact) mass is 421 g/mol. The predicted octanol–water partition coefficient (Wildman–Crippen LogP) is 4.20. The van der Waals surface area contributed by atoms with E-state index in [9.17, 15) is 9.59 Å². The number of pyridine rings is 1. The van der Waals surface area contributed by atoms with E-state index in [1.165, 1.54) is 0 Å². The van der Waals surface area contributed by atoms with Gasteiger partial charge < -0.3 is 15.4 Å². The first-order valence-corrected chi connectivity index (χ1v) is 10.3. The van der Waals surface area contributed by atoms with Gasteiger partial charge in [0.15, 0.2) is 18.0 Å². The molecule has 1 aromatic carbocycles. The highest BCUT2D eigenvalue weighted by atomic mass is 16.5. The molecule has 2 amide bonds. The Bertz CT molecular complexity index is 1200. The van der Waals surface area contributed by atoms with Crippen LogP contribution in [0.2, 0.25) is 0 Å². The summed E-state index contributed by atoms with van der Waals surface area (Å²) in [5.74, 6) is 0.0907. The Hall–Kier alpha value is -3.42. The maximum absolute atomic E-state index is 13.4. The maximum atomic E-state index is 13.4. The first-order chi connectivity index (χ1) is 14.6. The van der Waals surface area contributed by atoms with E-state index in [0.717, 1.165) is 16.8 Å². The van der Waals surface area contributed by atoms with Crippen LogP contribution in [0.4, 0.5) is 11.4 Å². The summed E-state index contributed by atoms with van der Waals surface area (Å²) >= 11 is 0. The number of aryl methyl sites for hydroxylation is 1. The van der Waals surface area contributed by atoms with Crippen LogP contribution in [-0.2, 0) is 10.3 Å². The highest BCUT2D eigenvalue weighted by molar-refractivity contribution is 6.13. The zero-order valence-corrected chi connectivity index (χ0v) is 18.7. The van der Waals surface area contributed by atoms with Crippen molar-refractivity contribution in [2.45, 2.75) is 53.0 Å². The molecule has 0 spiro atoms.